The molecule has 88 valence electrons. The van der Waals surface area contributed by atoms with E-state index in [0.29, 0.717) is 10.8 Å². The van der Waals surface area contributed by atoms with Gasteiger partial charge in [0, 0.05) is 11.6 Å². The molecule has 2 aromatic heterocycles. The van der Waals surface area contributed by atoms with Gasteiger partial charge < -0.3 is 0 Å². The molecule has 0 unspecified atom stereocenters. The van der Waals surface area contributed by atoms with E-state index in [9.17, 15) is 0 Å². The van der Waals surface area contributed by atoms with Crippen molar-refractivity contribution in [2.24, 2.45) is 0 Å². The zero-order valence-electron chi connectivity index (χ0n) is 9.77. The molecule has 2 heterocycles. The van der Waals surface area contributed by atoms with Gasteiger partial charge in [-0.3, -0.25) is 9.67 Å². The lowest BCUT2D eigenvalue weighted by Gasteiger charge is -2.07. The Labute approximate surface area is 104 Å². The molecule has 1 aliphatic rings. The molecule has 0 spiro atoms. The molecule has 5 nitrogen and oxygen atoms in total. The summed E-state index contributed by atoms with van der Waals surface area (Å²) < 4.78 is 2.79. The number of H-pyrrole nitrogens is 1. The highest BCUT2D eigenvalue weighted by molar-refractivity contribution is 7.71. The van der Waals surface area contributed by atoms with Crippen LogP contribution in [0.3, 0.4) is 0 Å². The Hall–Kier alpha value is -1.56. The first-order chi connectivity index (χ1) is 8.16. The third-order valence-corrected chi connectivity index (χ3v) is 3.25. The minimum Gasteiger partial charge on any atom is -0.297 e. The van der Waals surface area contributed by atoms with E-state index < -0.39 is 0 Å². The average Bonchev–Trinajstić information content (AvgIpc) is 3.06. The standard InChI is InChI=1S/C11H13N5S/c1-6-5-9(7(2)13-12-6)10-14-15-11(17)16(10)8-3-4-8/h5,8H,3-4H2,1-2H3,(H,15,17). The molecule has 0 saturated heterocycles. The Morgan fingerprint density at radius 1 is 1.35 bits per heavy atom. The van der Waals surface area contributed by atoms with E-state index in [1.165, 1.54) is 12.8 Å². The highest BCUT2D eigenvalue weighted by Gasteiger charge is 2.28. The number of hydrogen-bond acceptors (Lipinski definition) is 4. The summed E-state index contributed by atoms with van der Waals surface area (Å²) >= 11 is 5.27. The molecule has 17 heavy (non-hydrogen) atoms. The molecule has 0 aromatic carbocycles. The third kappa shape index (κ3) is 1.78. The molecule has 1 saturated carbocycles. The predicted molar refractivity (Wildman–Crippen MR) is 66.2 cm³/mol. The van der Waals surface area contributed by atoms with Crippen LogP contribution in [0.4, 0.5) is 0 Å². The van der Waals surface area contributed by atoms with Crippen molar-refractivity contribution in [2.45, 2.75) is 32.7 Å². The second-order valence-corrected chi connectivity index (χ2v) is 4.83. The van der Waals surface area contributed by atoms with Crippen molar-refractivity contribution in [3.05, 3.63) is 22.2 Å². The minimum atomic E-state index is 0.504. The van der Waals surface area contributed by atoms with Crippen LogP contribution >= 0.6 is 12.2 Å². The first kappa shape index (κ1) is 10.6. The Morgan fingerprint density at radius 2 is 2.12 bits per heavy atom. The van der Waals surface area contributed by atoms with Crippen LogP contribution in [-0.4, -0.2) is 25.0 Å². The SMILES string of the molecule is Cc1cc(-c2n[nH]c(=S)n2C2CC2)c(C)nn1. The number of nitrogens with one attached hydrogen (secondary N) is 1. The Kier molecular flexibility index (Phi) is 2.32. The van der Waals surface area contributed by atoms with Crippen LogP contribution in [0, 0.1) is 18.6 Å². The lowest BCUT2D eigenvalue weighted by atomic mass is 10.2. The second kappa shape index (κ2) is 3.73. The van der Waals surface area contributed by atoms with Gasteiger partial charge in [0.2, 0.25) is 0 Å². The molecule has 0 radical (unpaired) electrons. The van der Waals surface area contributed by atoms with Gasteiger partial charge in [-0.2, -0.15) is 15.3 Å². The minimum absolute atomic E-state index is 0.504. The van der Waals surface area contributed by atoms with Crippen molar-refractivity contribution >= 4 is 12.2 Å². The average molecular weight is 247 g/mol. The molecule has 0 aliphatic heterocycles. The molecule has 2 aromatic rings. The van der Waals surface area contributed by atoms with Crippen molar-refractivity contribution < 1.29 is 0 Å². The molecule has 0 bridgehead atoms. The van der Waals surface area contributed by atoms with E-state index >= 15 is 0 Å². The summed E-state index contributed by atoms with van der Waals surface area (Å²) in [7, 11) is 0. The zero-order valence-corrected chi connectivity index (χ0v) is 10.6. The summed E-state index contributed by atoms with van der Waals surface area (Å²) in [5, 5.41) is 15.4. The van der Waals surface area contributed by atoms with E-state index in [0.717, 1.165) is 22.8 Å². The fraction of sp³-hybridized carbons (Fsp3) is 0.455. The zero-order chi connectivity index (χ0) is 12.0. The van der Waals surface area contributed by atoms with Crippen LogP contribution in [0.5, 0.6) is 0 Å². The summed E-state index contributed by atoms with van der Waals surface area (Å²) in [4.78, 5) is 0. The Balaban J connectivity index is 2.21. The summed E-state index contributed by atoms with van der Waals surface area (Å²) in [6, 6.07) is 2.51. The molecule has 6 heteroatoms. The van der Waals surface area contributed by atoms with Crippen LogP contribution in [0.1, 0.15) is 30.3 Å². The third-order valence-electron chi connectivity index (χ3n) is 2.96. The van der Waals surface area contributed by atoms with Crippen molar-refractivity contribution in [1.29, 1.82) is 0 Å². The molecular formula is C11H13N5S. The quantitative estimate of drug-likeness (QED) is 0.827. The number of hydrogen-bond donors (Lipinski definition) is 1. The smallest absolute Gasteiger partial charge is 0.195 e. The second-order valence-electron chi connectivity index (χ2n) is 4.44. The summed E-state index contributed by atoms with van der Waals surface area (Å²) in [6.07, 6.45) is 2.36. The lowest BCUT2D eigenvalue weighted by Crippen LogP contribution is -2.01. The Morgan fingerprint density at radius 3 is 2.82 bits per heavy atom. The number of aryl methyl sites for hydroxylation is 2. The first-order valence-corrected chi connectivity index (χ1v) is 6.06. The largest absolute Gasteiger partial charge is 0.297 e. The van der Waals surface area contributed by atoms with E-state index in [1.807, 2.05) is 19.9 Å². The fourth-order valence-electron chi connectivity index (χ4n) is 1.94. The highest BCUT2D eigenvalue weighted by atomic mass is 32.1. The van der Waals surface area contributed by atoms with Gasteiger partial charge >= 0.3 is 0 Å². The van der Waals surface area contributed by atoms with Gasteiger partial charge in [0.05, 0.1) is 11.4 Å². The van der Waals surface area contributed by atoms with Crippen molar-refractivity contribution in [3.63, 3.8) is 0 Å². The van der Waals surface area contributed by atoms with E-state index in [2.05, 4.69) is 25.0 Å². The highest BCUT2D eigenvalue weighted by Crippen LogP contribution is 2.38. The van der Waals surface area contributed by atoms with Crippen LogP contribution in [0.15, 0.2) is 6.07 Å². The van der Waals surface area contributed by atoms with Crippen LogP contribution in [-0.2, 0) is 0 Å². The maximum absolute atomic E-state index is 5.27. The molecule has 0 atom stereocenters. The topological polar surface area (TPSA) is 59.4 Å². The number of rotatable bonds is 2. The normalized spacial score (nSPS) is 15.2. The molecular weight excluding hydrogens is 234 g/mol. The predicted octanol–water partition coefficient (Wildman–Crippen LogP) is 2.35. The maximum Gasteiger partial charge on any atom is 0.195 e. The number of nitrogens with zero attached hydrogens (tertiary/aromatic N) is 4. The van der Waals surface area contributed by atoms with Gasteiger partial charge in [-0.1, -0.05) is 0 Å². The monoisotopic (exact) mass is 247 g/mol. The van der Waals surface area contributed by atoms with Gasteiger partial charge in [-0.15, -0.1) is 0 Å². The molecule has 1 N–H and O–H groups in total. The van der Waals surface area contributed by atoms with E-state index in [4.69, 9.17) is 12.2 Å². The van der Waals surface area contributed by atoms with Gasteiger partial charge in [0.15, 0.2) is 10.6 Å². The van der Waals surface area contributed by atoms with Gasteiger partial charge in [0.1, 0.15) is 0 Å². The van der Waals surface area contributed by atoms with Crippen molar-refractivity contribution in [2.75, 3.05) is 0 Å². The summed E-state index contributed by atoms with van der Waals surface area (Å²) in [5.41, 5.74) is 2.78. The lowest BCUT2D eigenvalue weighted by molar-refractivity contribution is 0.733. The van der Waals surface area contributed by atoms with Gasteiger partial charge in [-0.25, -0.2) is 0 Å². The van der Waals surface area contributed by atoms with Crippen LogP contribution in [0.2, 0.25) is 0 Å². The molecule has 0 amide bonds. The van der Waals surface area contributed by atoms with Crippen LogP contribution in [0.25, 0.3) is 11.4 Å². The van der Waals surface area contributed by atoms with E-state index in [-0.39, 0.29) is 0 Å². The van der Waals surface area contributed by atoms with E-state index in [1.54, 1.807) is 0 Å². The fourth-order valence-corrected chi connectivity index (χ4v) is 2.22. The molecule has 1 aliphatic carbocycles. The van der Waals surface area contributed by atoms with Gasteiger partial charge in [-0.05, 0) is 45.0 Å². The summed E-state index contributed by atoms with van der Waals surface area (Å²) in [5.74, 6) is 0.882. The van der Waals surface area contributed by atoms with Crippen molar-refractivity contribution in [3.8, 4) is 11.4 Å². The van der Waals surface area contributed by atoms with Gasteiger partial charge in [0.25, 0.3) is 0 Å². The Bertz CT molecular complexity index is 623. The number of aromatic nitrogens is 5. The molecule has 3 rings (SSSR count). The van der Waals surface area contributed by atoms with Crippen LogP contribution < -0.4 is 0 Å². The maximum atomic E-state index is 5.27. The number of aromatic amines is 1. The summed E-state index contributed by atoms with van der Waals surface area (Å²) in [6.45, 7) is 3.87. The van der Waals surface area contributed by atoms with Crippen molar-refractivity contribution in [1.82, 2.24) is 25.0 Å². The molecule has 1 fully saturated rings. The first-order valence-electron chi connectivity index (χ1n) is 5.65.